The molecular formula is C13H13F2NO2. The van der Waals surface area contributed by atoms with Crippen LogP contribution in [0, 0.1) is 11.6 Å². The minimum Gasteiger partial charge on any atom is -0.464 e. The van der Waals surface area contributed by atoms with Gasteiger partial charge in [0.2, 0.25) is 0 Å². The van der Waals surface area contributed by atoms with Gasteiger partial charge in [-0.2, -0.15) is 0 Å². The van der Waals surface area contributed by atoms with E-state index < -0.39 is 23.5 Å². The largest absolute Gasteiger partial charge is 0.464 e. The lowest BCUT2D eigenvalue weighted by atomic mass is 10.0. The van der Waals surface area contributed by atoms with Crippen molar-refractivity contribution in [3.63, 3.8) is 0 Å². The number of likely N-dealkylation sites (N-methyl/N-ethyl adjacent to an activating group) is 1. The summed E-state index contributed by atoms with van der Waals surface area (Å²) >= 11 is 0. The molecule has 0 amide bonds. The van der Waals surface area contributed by atoms with Gasteiger partial charge in [0.15, 0.2) is 17.4 Å². The molecule has 1 aromatic heterocycles. The zero-order valence-corrected chi connectivity index (χ0v) is 10.1. The molecule has 2 rings (SSSR count). The molecule has 1 heterocycles. The summed E-state index contributed by atoms with van der Waals surface area (Å²) in [6.45, 7) is 4.01. The molecule has 0 saturated heterocycles. The van der Waals surface area contributed by atoms with Crippen LogP contribution in [-0.2, 0) is 0 Å². The third-order valence-electron chi connectivity index (χ3n) is 2.81. The van der Waals surface area contributed by atoms with Gasteiger partial charge in [-0.15, -0.1) is 0 Å². The number of benzene rings is 1. The number of hydrogen-bond acceptors (Lipinski definition) is 3. The number of hydrogen-bond donors (Lipinski definition) is 1. The fourth-order valence-corrected chi connectivity index (χ4v) is 1.86. The zero-order valence-electron chi connectivity index (χ0n) is 10.1. The molecule has 0 aliphatic heterocycles. The van der Waals surface area contributed by atoms with Crippen LogP contribution in [0.2, 0.25) is 0 Å². The highest BCUT2D eigenvalue weighted by molar-refractivity contribution is 6.02. The van der Waals surface area contributed by atoms with Crippen LogP contribution < -0.4 is 5.32 Å². The summed E-state index contributed by atoms with van der Waals surface area (Å²) in [6, 6.07) is 2.00. The maximum Gasteiger partial charge on any atom is 0.182 e. The van der Waals surface area contributed by atoms with E-state index in [1.807, 2.05) is 6.92 Å². The van der Waals surface area contributed by atoms with E-state index in [1.54, 1.807) is 6.92 Å². The van der Waals surface area contributed by atoms with Crippen molar-refractivity contribution in [2.45, 2.75) is 19.9 Å². The second-order valence-corrected chi connectivity index (χ2v) is 4.03. The lowest BCUT2D eigenvalue weighted by Crippen LogP contribution is -2.34. The van der Waals surface area contributed by atoms with Crippen molar-refractivity contribution in [3.8, 4) is 0 Å². The van der Waals surface area contributed by atoms with Crippen LogP contribution in [0.5, 0.6) is 0 Å². The number of carbonyl (C=O) groups excluding carboxylic acids is 1. The molecule has 5 heteroatoms. The van der Waals surface area contributed by atoms with E-state index in [0.717, 1.165) is 0 Å². The molecule has 0 fully saturated rings. The highest BCUT2D eigenvalue weighted by atomic mass is 19.2. The molecule has 0 saturated carbocycles. The smallest absolute Gasteiger partial charge is 0.182 e. The van der Waals surface area contributed by atoms with Crippen molar-refractivity contribution in [1.29, 1.82) is 0 Å². The van der Waals surface area contributed by atoms with Gasteiger partial charge in [-0.25, -0.2) is 8.78 Å². The lowest BCUT2D eigenvalue weighted by molar-refractivity contribution is 0.0947. The van der Waals surface area contributed by atoms with Gasteiger partial charge in [0, 0.05) is 0 Å². The predicted octanol–water partition coefficient (Wildman–Crippen LogP) is 2.89. The quantitative estimate of drug-likeness (QED) is 0.852. The number of fused-ring (bicyclic) bond motifs is 1. The molecule has 3 nitrogen and oxygen atoms in total. The number of furan rings is 1. The van der Waals surface area contributed by atoms with Gasteiger partial charge >= 0.3 is 0 Å². The molecule has 18 heavy (non-hydrogen) atoms. The van der Waals surface area contributed by atoms with Gasteiger partial charge < -0.3 is 9.73 Å². The van der Waals surface area contributed by atoms with E-state index in [9.17, 15) is 13.6 Å². The lowest BCUT2D eigenvalue weighted by Gasteiger charge is -2.12. The van der Waals surface area contributed by atoms with Crippen molar-refractivity contribution in [2.75, 3.05) is 6.54 Å². The third kappa shape index (κ3) is 2.01. The number of nitrogens with one attached hydrogen (secondary N) is 1. The number of rotatable bonds is 4. The summed E-state index contributed by atoms with van der Waals surface area (Å²) in [5.41, 5.74) is -0.121. The SMILES string of the molecule is CCN[C@@H](C)C(=O)c1cc2occc2c(F)c1F. The molecule has 0 bridgehead atoms. The van der Waals surface area contributed by atoms with E-state index in [-0.39, 0.29) is 16.5 Å². The normalized spacial score (nSPS) is 12.9. The Morgan fingerprint density at radius 1 is 1.44 bits per heavy atom. The first-order chi connectivity index (χ1) is 8.56. The molecule has 0 spiro atoms. The fraction of sp³-hybridized carbons (Fsp3) is 0.308. The highest BCUT2D eigenvalue weighted by Gasteiger charge is 2.23. The van der Waals surface area contributed by atoms with Crippen molar-refractivity contribution < 1.29 is 18.0 Å². The zero-order chi connectivity index (χ0) is 13.3. The second-order valence-electron chi connectivity index (χ2n) is 4.03. The Morgan fingerprint density at radius 2 is 2.17 bits per heavy atom. The summed E-state index contributed by atoms with van der Waals surface area (Å²) in [6.07, 6.45) is 1.26. The summed E-state index contributed by atoms with van der Waals surface area (Å²) < 4.78 is 32.5. The Hall–Kier alpha value is -1.75. The number of ketones is 1. The van der Waals surface area contributed by atoms with E-state index in [0.29, 0.717) is 6.54 Å². The molecule has 0 aliphatic rings. The average Bonchev–Trinajstić information content (AvgIpc) is 2.81. The van der Waals surface area contributed by atoms with Gasteiger partial charge in [0.25, 0.3) is 0 Å². The van der Waals surface area contributed by atoms with Gasteiger partial charge in [0.05, 0.1) is 23.3 Å². The first kappa shape index (κ1) is 12.7. The minimum absolute atomic E-state index is 0.0418. The number of carbonyl (C=O) groups is 1. The van der Waals surface area contributed by atoms with Gasteiger partial charge in [-0.05, 0) is 25.6 Å². The Kier molecular flexibility index (Phi) is 3.43. The molecule has 2 aromatic rings. The number of halogens is 2. The van der Waals surface area contributed by atoms with Crippen LogP contribution in [0.4, 0.5) is 8.78 Å². The van der Waals surface area contributed by atoms with Crippen LogP contribution in [0.3, 0.4) is 0 Å². The Balaban J connectivity index is 2.50. The Labute approximate surface area is 103 Å². The molecule has 0 radical (unpaired) electrons. The van der Waals surface area contributed by atoms with Crippen molar-refractivity contribution in [1.82, 2.24) is 5.32 Å². The van der Waals surface area contributed by atoms with E-state index in [4.69, 9.17) is 4.42 Å². The topological polar surface area (TPSA) is 42.2 Å². The van der Waals surface area contributed by atoms with Crippen LogP contribution in [-0.4, -0.2) is 18.4 Å². The van der Waals surface area contributed by atoms with E-state index in [1.165, 1.54) is 18.4 Å². The summed E-state index contributed by atoms with van der Waals surface area (Å²) in [5.74, 6) is -2.67. The first-order valence-electron chi connectivity index (χ1n) is 5.69. The maximum atomic E-state index is 13.8. The maximum absolute atomic E-state index is 13.8. The van der Waals surface area contributed by atoms with Crippen LogP contribution in [0.25, 0.3) is 11.0 Å². The number of Topliss-reactive ketones (excluding diaryl/α,β-unsaturated/α-hetero) is 1. The standard InChI is InChI=1S/C13H13F2NO2/c1-3-16-7(2)13(17)9-6-10-8(4-5-18-10)11(14)12(9)15/h4-7,16H,3H2,1-2H3/t7-/m0/s1. The van der Waals surface area contributed by atoms with E-state index >= 15 is 0 Å². The second kappa shape index (κ2) is 4.86. The average molecular weight is 253 g/mol. The summed E-state index contributed by atoms with van der Waals surface area (Å²) in [7, 11) is 0. The molecule has 96 valence electrons. The Morgan fingerprint density at radius 3 is 2.83 bits per heavy atom. The summed E-state index contributed by atoms with van der Waals surface area (Å²) in [4.78, 5) is 12.0. The van der Waals surface area contributed by atoms with E-state index in [2.05, 4.69) is 5.32 Å². The van der Waals surface area contributed by atoms with Gasteiger partial charge in [0.1, 0.15) is 5.58 Å². The molecule has 1 atom stereocenters. The van der Waals surface area contributed by atoms with Crippen molar-refractivity contribution in [2.24, 2.45) is 0 Å². The fourth-order valence-electron chi connectivity index (χ4n) is 1.86. The third-order valence-corrected chi connectivity index (χ3v) is 2.81. The predicted molar refractivity (Wildman–Crippen MR) is 63.6 cm³/mol. The summed E-state index contributed by atoms with van der Waals surface area (Å²) in [5, 5.41) is 2.90. The highest BCUT2D eigenvalue weighted by Crippen LogP contribution is 2.25. The van der Waals surface area contributed by atoms with Crippen LogP contribution in [0.15, 0.2) is 22.8 Å². The monoisotopic (exact) mass is 253 g/mol. The van der Waals surface area contributed by atoms with Crippen LogP contribution in [0.1, 0.15) is 24.2 Å². The molecule has 1 N–H and O–H groups in total. The van der Waals surface area contributed by atoms with Crippen molar-refractivity contribution in [3.05, 3.63) is 35.6 Å². The minimum atomic E-state index is -1.13. The Bertz CT molecular complexity index is 592. The van der Waals surface area contributed by atoms with Crippen molar-refractivity contribution >= 4 is 16.8 Å². The van der Waals surface area contributed by atoms with Gasteiger partial charge in [-0.1, -0.05) is 6.92 Å². The molecule has 1 aromatic carbocycles. The molecular weight excluding hydrogens is 240 g/mol. The molecule has 0 aliphatic carbocycles. The first-order valence-corrected chi connectivity index (χ1v) is 5.69. The molecule has 0 unspecified atom stereocenters. The van der Waals surface area contributed by atoms with Gasteiger partial charge in [-0.3, -0.25) is 4.79 Å². The van der Waals surface area contributed by atoms with Crippen LogP contribution >= 0.6 is 0 Å².